The molecule has 6 heteroatoms. The number of benzene rings is 2. The van der Waals surface area contributed by atoms with Gasteiger partial charge in [0, 0.05) is 30.4 Å². The van der Waals surface area contributed by atoms with Crippen molar-refractivity contribution in [3.8, 4) is 5.75 Å². The molecule has 1 aliphatic heterocycles. The summed E-state index contributed by atoms with van der Waals surface area (Å²) in [7, 11) is 1.58. The standard InChI is InChI=1S/C21H25N3O3/c1-14-6-4-7-16(12-14)23-21(26)15(2)22-17-9-10-18(19(13-17)27-3)24-11-5-8-20(24)25/h4,6-7,9-10,12-13,15,22H,5,8,11H2,1-3H3,(H,23,26). The molecule has 0 bridgehead atoms. The minimum atomic E-state index is -0.436. The van der Waals surface area contributed by atoms with Crippen LogP contribution in [0.5, 0.6) is 5.75 Å². The molecule has 2 amide bonds. The number of ether oxygens (including phenoxy) is 1. The van der Waals surface area contributed by atoms with Crippen molar-refractivity contribution in [2.24, 2.45) is 0 Å². The van der Waals surface area contributed by atoms with E-state index in [4.69, 9.17) is 4.74 Å². The van der Waals surface area contributed by atoms with Gasteiger partial charge in [0.1, 0.15) is 11.8 Å². The topological polar surface area (TPSA) is 70.7 Å². The van der Waals surface area contributed by atoms with Crippen LogP contribution in [-0.2, 0) is 9.59 Å². The van der Waals surface area contributed by atoms with Gasteiger partial charge in [0.15, 0.2) is 0 Å². The molecule has 1 aliphatic rings. The molecule has 1 atom stereocenters. The predicted molar refractivity (Wildman–Crippen MR) is 107 cm³/mol. The molecule has 0 aliphatic carbocycles. The maximum absolute atomic E-state index is 12.4. The first-order valence-corrected chi connectivity index (χ1v) is 9.10. The zero-order valence-corrected chi connectivity index (χ0v) is 15.9. The van der Waals surface area contributed by atoms with E-state index in [1.54, 1.807) is 18.9 Å². The smallest absolute Gasteiger partial charge is 0.246 e. The molecule has 6 nitrogen and oxygen atoms in total. The summed E-state index contributed by atoms with van der Waals surface area (Å²) in [5.41, 5.74) is 3.39. The van der Waals surface area contributed by atoms with E-state index in [1.165, 1.54) is 0 Å². The average Bonchev–Trinajstić information content (AvgIpc) is 3.07. The Kier molecular flexibility index (Phi) is 5.64. The molecule has 1 heterocycles. The third-order valence-electron chi connectivity index (χ3n) is 4.61. The van der Waals surface area contributed by atoms with E-state index in [0.29, 0.717) is 18.7 Å². The summed E-state index contributed by atoms with van der Waals surface area (Å²) in [4.78, 5) is 26.2. The highest BCUT2D eigenvalue weighted by Gasteiger charge is 2.24. The van der Waals surface area contributed by atoms with Crippen molar-refractivity contribution in [3.05, 3.63) is 48.0 Å². The van der Waals surface area contributed by atoms with Crippen LogP contribution in [0.2, 0.25) is 0 Å². The van der Waals surface area contributed by atoms with Crippen LogP contribution >= 0.6 is 0 Å². The van der Waals surface area contributed by atoms with Crippen molar-refractivity contribution >= 4 is 28.9 Å². The molecule has 3 rings (SSSR count). The molecule has 1 fully saturated rings. The monoisotopic (exact) mass is 367 g/mol. The summed E-state index contributed by atoms with van der Waals surface area (Å²) in [6.45, 7) is 4.49. The van der Waals surface area contributed by atoms with Gasteiger partial charge in [-0.25, -0.2) is 0 Å². The summed E-state index contributed by atoms with van der Waals surface area (Å²) < 4.78 is 5.46. The number of hydrogen-bond donors (Lipinski definition) is 2. The molecule has 0 saturated carbocycles. The third kappa shape index (κ3) is 4.39. The highest BCUT2D eigenvalue weighted by molar-refractivity contribution is 5.98. The molecular weight excluding hydrogens is 342 g/mol. The number of methoxy groups -OCH3 is 1. The third-order valence-corrected chi connectivity index (χ3v) is 4.61. The molecule has 1 saturated heterocycles. The molecule has 1 unspecified atom stereocenters. The Labute approximate surface area is 159 Å². The number of amides is 2. The first-order chi connectivity index (χ1) is 13.0. The SMILES string of the molecule is COc1cc(NC(C)C(=O)Nc2cccc(C)c2)ccc1N1CCCC1=O. The summed E-state index contributed by atoms with van der Waals surface area (Å²) in [5.74, 6) is 0.597. The largest absolute Gasteiger partial charge is 0.494 e. The Bertz CT molecular complexity index is 850. The second-order valence-electron chi connectivity index (χ2n) is 6.76. The Morgan fingerprint density at radius 2 is 2.00 bits per heavy atom. The molecule has 2 N–H and O–H groups in total. The van der Waals surface area contributed by atoms with Crippen LogP contribution in [0.15, 0.2) is 42.5 Å². The fourth-order valence-corrected chi connectivity index (χ4v) is 3.18. The first kappa shape index (κ1) is 18.8. The van der Waals surface area contributed by atoms with Crippen LogP contribution < -0.4 is 20.3 Å². The van der Waals surface area contributed by atoms with Gasteiger partial charge >= 0.3 is 0 Å². The first-order valence-electron chi connectivity index (χ1n) is 9.10. The van der Waals surface area contributed by atoms with E-state index < -0.39 is 6.04 Å². The number of carbonyl (C=O) groups is 2. The lowest BCUT2D eigenvalue weighted by Crippen LogP contribution is -2.32. The van der Waals surface area contributed by atoms with Gasteiger partial charge in [0.25, 0.3) is 0 Å². The van der Waals surface area contributed by atoms with Crippen molar-refractivity contribution in [1.82, 2.24) is 0 Å². The van der Waals surface area contributed by atoms with Crippen LogP contribution in [0.4, 0.5) is 17.1 Å². The van der Waals surface area contributed by atoms with Gasteiger partial charge in [0.2, 0.25) is 11.8 Å². The van der Waals surface area contributed by atoms with Crippen molar-refractivity contribution in [3.63, 3.8) is 0 Å². The lowest BCUT2D eigenvalue weighted by atomic mass is 10.2. The minimum Gasteiger partial charge on any atom is -0.494 e. The average molecular weight is 367 g/mol. The van der Waals surface area contributed by atoms with Crippen molar-refractivity contribution in [2.75, 3.05) is 29.2 Å². The van der Waals surface area contributed by atoms with E-state index >= 15 is 0 Å². The Morgan fingerprint density at radius 1 is 1.19 bits per heavy atom. The molecule has 142 valence electrons. The number of anilines is 3. The molecule has 2 aromatic carbocycles. The Balaban J connectivity index is 1.69. The molecule has 0 radical (unpaired) electrons. The molecule has 2 aromatic rings. The lowest BCUT2D eigenvalue weighted by molar-refractivity contribution is -0.117. The minimum absolute atomic E-state index is 0.111. The maximum atomic E-state index is 12.4. The van der Waals surface area contributed by atoms with E-state index in [0.717, 1.165) is 29.0 Å². The zero-order valence-electron chi connectivity index (χ0n) is 15.9. The molecule has 27 heavy (non-hydrogen) atoms. The van der Waals surface area contributed by atoms with E-state index in [9.17, 15) is 9.59 Å². The maximum Gasteiger partial charge on any atom is 0.246 e. The Hall–Kier alpha value is -3.02. The number of hydrogen-bond acceptors (Lipinski definition) is 4. The lowest BCUT2D eigenvalue weighted by Gasteiger charge is -2.21. The summed E-state index contributed by atoms with van der Waals surface area (Å²) in [5, 5.41) is 6.09. The second-order valence-corrected chi connectivity index (χ2v) is 6.76. The highest BCUT2D eigenvalue weighted by Crippen LogP contribution is 2.34. The van der Waals surface area contributed by atoms with E-state index in [2.05, 4.69) is 10.6 Å². The number of rotatable bonds is 6. The highest BCUT2D eigenvalue weighted by atomic mass is 16.5. The normalized spacial score (nSPS) is 14.8. The fraction of sp³-hybridized carbons (Fsp3) is 0.333. The van der Waals surface area contributed by atoms with Crippen LogP contribution in [0.3, 0.4) is 0 Å². The summed E-state index contributed by atoms with van der Waals surface area (Å²) in [6.07, 6.45) is 1.43. The number of aryl methyl sites for hydroxylation is 1. The van der Waals surface area contributed by atoms with Gasteiger partial charge in [0.05, 0.1) is 12.8 Å². The van der Waals surface area contributed by atoms with Crippen molar-refractivity contribution in [2.45, 2.75) is 32.7 Å². The van der Waals surface area contributed by atoms with E-state index in [1.807, 2.05) is 49.4 Å². The number of carbonyl (C=O) groups excluding carboxylic acids is 2. The van der Waals surface area contributed by atoms with Gasteiger partial charge < -0.3 is 20.3 Å². The molecule has 0 spiro atoms. The van der Waals surface area contributed by atoms with Crippen LogP contribution in [0, 0.1) is 6.92 Å². The zero-order chi connectivity index (χ0) is 19.4. The van der Waals surface area contributed by atoms with E-state index in [-0.39, 0.29) is 11.8 Å². The van der Waals surface area contributed by atoms with Gasteiger partial charge in [-0.05, 0) is 50.1 Å². The van der Waals surface area contributed by atoms with Crippen LogP contribution in [0.1, 0.15) is 25.3 Å². The van der Waals surface area contributed by atoms with Crippen molar-refractivity contribution < 1.29 is 14.3 Å². The summed E-state index contributed by atoms with van der Waals surface area (Å²) in [6, 6.07) is 12.8. The van der Waals surface area contributed by atoms with Crippen LogP contribution in [-0.4, -0.2) is 31.5 Å². The van der Waals surface area contributed by atoms with Crippen molar-refractivity contribution in [1.29, 1.82) is 0 Å². The predicted octanol–water partition coefficient (Wildman–Crippen LogP) is 3.57. The van der Waals surface area contributed by atoms with Gasteiger partial charge in [-0.3, -0.25) is 9.59 Å². The van der Waals surface area contributed by atoms with Gasteiger partial charge in [-0.15, -0.1) is 0 Å². The number of nitrogens with zero attached hydrogens (tertiary/aromatic N) is 1. The van der Waals surface area contributed by atoms with Gasteiger partial charge in [-0.2, -0.15) is 0 Å². The number of nitrogens with one attached hydrogen (secondary N) is 2. The molecular formula is C21H25N3O3. The summed E-state index contributed by atoms with van der Waals surface area (Å²) >= 11 is 0. The second kappa shape index (κ2) is 8.12. The Morgan fingerprint density at radius 3 is 2.67 bits per heavy atom. The van der Waals surface area contributed by atoms with Crippen LogP contribution in [0.25, 0.3) is 0 Å². The quantitative estimate of drug-likeness (QED) is 0.819. The van der Waals surface area contributed by atoms with Gasteiger partial charge in [-0.1, -0.05) is 12.1 Å². The molecule has 0 aromatic heterocycles. The fourth-order valence-electron chi connectivity index (χ4n) is 3.18.